The second-order valence-electron chi connectivity index (χ2n) is 3.81. The number of anilines is 1. The Balaban J connectivity index is 3.02. The summed E-state index contributed by atoms with van der Waals surface area (Å²) in [5.41, 5.74) is 0.880. The topological polar surface area (TPSA) is 53.4 Å². The zero-order chi connectivity index (χ0) is 13.5. The van der Waals surface area contributed by atoms with E-state index in [4.69, 9.17) is 11.6 Å². The van der Waals surface area contributed by atoms with E-state index in [1.807, 2.05) is 25.1 Å². The molecule has 1 aromatic rings. The predicted octanol–water partition coefficient (Wildman–Crippen LogP) is 2.43. The Hall–Kier alpha value is -1.62. The quantitative estimate of drug-likeness (QED) is 0.672. The predicted molar refractivity (Wildman–Crippen MR) is 76.1 cm³/mol. The van der Waals surface area contributed by atoms with Crippen LogP contribution in [0.2, 0.25) is 5.02 Å². The lowest BCUT2D eigenvalue weighted by atomic mass is 10.3. The van der Waals surface area contributed by atoms with Crippen molar-refractivity contribution in [1.29, 1.82) is 0 Å². The molecule has 5 nitrogen and oxygen atoms in total. The van der Waals surface area contributed by atoms with E-state index in [1.54, 1.807) is 13.2 Å². The fourth-order valence-corrected chi connectivity index (χ4v) is 1.65. The van der Waals surface area contributed by atoms with E-state index in [1.165, 1.54) is 6.33 Å². The van der Waals surface area contributed by atoms with Gasteiger partial charge in [0, 0.05) is 21.1 Å². The molecule has 0 aliphatic heterocycles. The van der Waals surface area contributed by atoms with Gasteiger partial charge >= 0.3 is 0 Å². The summed E-state index contributed by atoms with van der Waals surface area (Å²) in [6.45, 7) is 2.06. The summed E-state index contributed by atoms with van der Waals surface area (Å²) >= 11 is 6.03. The minimum absolute atomic E-state index is 0.480. The molecule has 1 N–H and O–H groups in total. The molecule has 1 heterocycles. The van der Waals surface area contributed by atoms with Gasteiger partial charge in [-0.1, -0.05) is 24.6 Å². The Morgan fingerprint density at radius 3 is 2.78 bits per heavy atom. The van der Waals surface area contributed by atoms with Crippen molar-refractivity contribution in [3.8, 4) is 0 Å². The first-order valence-corrected chi connectivity index (χ1v) is 6.05. The van der Waals surface area contributed by atoms with E-state index in [2.05, 4.69) is 27.2 Å². The molecule has 0 atom stereocenters. The number of hydrogen-bond donors (Lipinski definition) is 1. The van der Waals surface area contributed by atoms with Crippen LogP contribution in [0.15, 0.2) is 29.3 Å². The summed E-state index contributed by atoms with van der Waals surface area (Å²) in [6.07, 6.45) is 5.94. The largest absolute Gasteiger partial charge is 0.361 e. The molecule has 0 spiro atoms. The number of rotatable bonds is 4. The molecule has 0 saturated heterocycles. The zero-order valence-corrected chi connectivity index (χ0v) is 11.9. The highest BCUT2D eigenvalue weighted by atomic mass is 35.5. The van der Waals surface area contributed by atoms with Crippen LogP contribution in [0.4, 0.5) is 5.82 Å². The molecule has 0 bridgehead atoms. The number of nitrogens with zero attached hydrogens (tertiary/aromatic N) is 4. The first-order valence-electron chi connectivity index (χ1n) is 5.67. The number of hydrogen-bond acceptors (Lipinski definition) is 4. The minimum atomic E-state index is 0.480. The number of amidine groups is 1. The molecular weight excluding hydrogens is 250 g/mol. The van der Waals surface area contributed by atoms with Crippen molar-refractivity contribution in [2.45, 2.75) is 13.3 Å². The van der Waals surface area contributed by atoms with Crippen LogP contribution < -0.4 is 5.32 Å². The van der Waals surface area contributed by atoms with Crippen LogP contribution in [0.5, 0.6) is 0 Å². The third-order valence-electron chi connectivity index (χ3n) is 2.21. The lowest BCUT2D eigenvalue weighted by molar-refractivity contribution is 0.621. The van der Waals surface area contributed by atoms with Gasteiger partial charge < -0.3 is 10.2 Å². The number of halogens is 1. The smallest absolute Gasteiger partial charge is 0.152 e. The average molecular weight is 268 g/mol. The summed E-state index contributed by atoms with van der Waals surface area (Å²) in [6, 6.07) is 0. The molecule has 0 saturated carbocycles. The average Bonchev–Trinajstić information content (AvgIpc) is 2.32. The van der Waals surface area contributed by atoms with E-state index >= 15 is 0 Å². The molecule has 1 rings (SSSR count). The first-order chi connectivity index (χ1) is 8.60. The highest BCUT2D eigenvalue weighted by Crippen LogP contribution is 2.19. The van der Waals surface area contributed by atoms with Crippen molar-refractivity contribution < 1.29 is 0 Å². The normalized spacial score (nSPS) is 12.5. The van der Waals surface area contributed by atoms with E-state index in [-0.39, 0.29) is 0 Å². The maximum Gasteiger partial charge on any atom is 0.152 e. The maximum atomic E-state index is 6.03. The van der Waals surface area contributed by atoms with E-state index in [9.17, 15) is 0 Å². The molecule has 0 aliphatic carbocycles. The molecule has 0 unspecified atom stereocenters. The zero-order valence-electron chi connectivity index (χ0n) is 11.1. The minimum Gasteiger partial charge on any atom is -0.361 e. The van der Waals surface area contributed by atoms with Gasteiger partial charge in [-0.15, -0.1) is 0 Å². The third-order valence-corrected chi connectivity index (χ3v) is 2.48. The number of likely N-dealkylation sites (N-methyl/N-ethyl adjacent to an activating group) is 1. The third kappa shape index (κ3) is 3.70. The number of aromatic nitrogens is 2. The molecule has 0 aliphatic rings. The second-order valence-corrected chi connectivity index (χ2v) is 4.22. The fourth-order valence-electron chi connectivity index (χ4n) is 1.50. The van der Waals surface area contributed by atoms with Crippen LogP contribution in [0.1, 0.15) is 13.3 Å². The Bertz CT molecular complexity index is 454. The van der Waals surface area contributed by atoms with Crippen LogP contribution in [0, 0.1) is 0 Å². The van der Waals surface area contributed by atoms with E-state index in [0.717, 1.165) is 18.0 Å². The van der Waals surface area contributed by atoms with Gasteiger partial charge in [-0.3, -0.25) is 4.99 Å². The lowest BCUT2D eigenvalue weighted by Gasteiger charge is -2.19. The van der Waals surface area contributed by atoms with Crippen molar-refractivity contribution in [1.82, 2.24) is 14.9 Å². The van der Waals surface area contributed by atoms with Crippen molar-refractivity contribution in [2.75, 3.05) is 26.5 Å². The Labute approximate surface area is 113 Å². The van der Waals surface area contributed by atoms with Crippen LogP contribution in [0.3, 0.4) is 0 Å². The number of nitrogens with one attached hydrogen (secondary N) is 1. The second kappa shape index (κ2) is 6.96. The standard InChI is InChI=1S/C12H18ClN5/c1-5-6-10(12(14-2)18(3)4)17-11-9(13)7-15-8-16-11/h6-8H,5H2,1-4H3,(H,15,16,17)/b10-6+,14-12?. The highest BCUT2D eigenvalue weighted by molar-refractivity contribution is 6.32. The Morgan fingerprint density at radius 2 is 2.28 bits per heavy atom. The number of allylic oxidation sites excluding steroid dienone is 1. The van der Waals surface area contributed by atoms with E-state index in [0.29, 0.717) is 10.8 Å². The van der Waals surface area contributed by atoms with Crippen LogP contribution >= 0.6 is 11.6 Å². The van der Waals surface area contributed by atoms with Gasteiger partial charge in [0.1, 0.15) is 17.2 Å². The van der Waals surface area contributed by atoms with Gasteiger partial charge in [-0.05, 0) is 6.42 Å². The molecular formula is C12H18ClN5. The molecule has 6 heteroatoms. The molecule has 1 aromatic heterocycles. The molecule has 0 aromatic carbocycles. The molecule has 98 valence electrons. The molecule has 18 heavy (non-hydrogen) atoms. The van der Waals surface area contributed by atoms with Gasteiger partial charge in [0.2, 0.25) is 0 Å². The Morgan fingerprint density at radius 1 is 1.56 bits per heavy atom. The van der Waals surface area contributed by atoms with Crippen molar-refractivity contribution in [3.63, 3.8) is 0 Å². The van der Waals surface area contributed by atoms with Gasteiger partial charge in [0.05, 0.1) is 11.9 Å². The number of aliphatic imine (C=N–C) groups is 1. The first kappa shape index (κ1) is 14.4. The van der Waals surface area contributed by atoms with Crippen molar-refractivity contribution in [2.24, 2.45) is 4.99 Å². The molecule has 0 amide bonds. The Kier molecular flexibility index (Phi) is 5.58. The summed E-state index contributed by atoms with van der Waals surface area (Å²) in [7, 11) is 5.63. The van der Waals surface area contributed by atoms with Crippen LogP contribution in [-0.2, 0) is 0 Å². The SMILES string of the molecule is CC/C=C(/Nc1ncncc1Cl)C(=NC)N(C)C. The van der Waals surface area contributed by atoms with Gasteiger partial charge in [-0.2, -0.15) is 0 Å². The lowest BCUT2D eigenvalue weighted by Crippen LogP contribution is -2.27. The maximum absolute atomic E-state index is 6.03. The summed E-state index contributed by atoms with van der Waals surface area (Å²) in [4.78, 5) is 14.2. The summed E-state index contributed by atoms with van der Waals surface area (Å²) in [5, 5.41) is 3.67. The fraction of sp³-hybridized carbons (Fsp3) is 0.417. The van der Waals surface area contributed by atoms with Crippen molar-refractivity contribution in [3.05, 3.63) is 29.3 Å². The summed E-state index contributed by atoms with van der Waals surface area (Å²) in [5.74, 6) is 1.42. The van der Waals surface area contributed by atoms with Crippen LogP contribution in [0.25, 0.3) is 0 Å². The van der Waals surface area contributed by atoms with E-state index < -0.39 is 0 Å². The summed E-state index contributed by atoms with van der Waals surface area (Å²) < 4.78 is 0. The van der Waals surface area contributed by atoms with Crippen molar-refractivity contribution >= 4 is 23.3 Å². The highest BCUT2D eigenvalue weighted by Gasteiger charge is 2.11. The monoisotopic (exact) mass is 267 g/mol. The molecule has 0 radical (unpaired) electrons. The van der Waals surface area contributed by atoms with Gasteiger partial charge in [0.15, 0.2) is 5.82 Å². The van der Waals surface area contributed by atoms with Gasteiger partial charge in [-0.25, -0.2) is 9.97 Å². The van der Waals surface area contributed by atoms with Gasteiger partial charge in [0.25, 0.3) is 0 Å². The molecule has 0 fully saturated rings. The van der Waals surface area contributed by atoms with Crippen LogP contribution in [-0.4, -0.2) is 41.8 Å².